The summed E-state index contributed by atoms with van der Waals surface area (Å²) in [5.74, 6) is 7.28. The molecule has 3 aromatic rings. The number of nitrogen functional groups attached to an aromatic ring is 1. The number of pyridine rings is 1. The number of hydrogen-bond donors (Lipinski definition) is 2. The summed E-state index contributed by atoms with van der Waals surface area (Å²) in [4.78, 5) is 11.9. The van der Waals surface area contributed by atoms with E-state index in [0.717, 1.165) is 69.9 Å². The number of aromatic hydroxyl groups is 1. The average Bonchev–Trinajstić information content (AvgIpc) is 3.47. The van der Waals surface area contributed by atoms with Gasteiger partial charge in [-0.2, -0.15) is 0 Å². The molecule has 1 aromatic carbocycles. The number of anilines is 3. The van der Waals surface area contributed by atoms with Crippen molar-refractivity contribution in [2.45, 2.75) is 49.9 Å². The van der Waals surface area contributed by atoms with Crippen molar-refractivity contribution >= 4 is 17.2 Å². The van der Waals surface area contributed by atoms with Crippen molar-refractivity contribution < 1.29 is 9.84 Å². The van der Waals surface area contributed by atoms with Crippen molar-refractivity contribution in [2.24, 2.45) is 0 Å². The fourth-order valence-electron chi connectivity index (χ4n) is 6.71. The number of fused-ring (bicyclic) bond motifs is 4. The van der Waals surface area contributed by atoms with Crippen LogP contribution in [0.2, 0.25) is 0 Å². The number of para-hydroxylation sites is 1. The van der Waals surface area contributed by atoms with Gasteiger partial charge in [0.2, 0.25) is 0 Å². The fourth-order valence-corrected chi connectivity index (χ4v) is 6.71. The second kappa shape index (κ2) is 10.0. The highest BCUT2D eigenvalue weighted by Gasteiger charge is 2.41. The van der Waals surface area contributed by atoms with Crippen LogP contribution in [0.15, 0.2) is 48.7 Å². The average molecular weight is 524 g/mol. The highest BCUT2D eigenvalue weighted by Crippen LogP contribution is 2.39. The smallest absolute Gasteiger partial charge is 0.169 e. The zero-order chi connectivity index (χ0) is 26.3. The quantitative estimate of drug-likeness (QED) is 0.500. The lowest BCUT2D eigenvalue weighted by molar-refractivity contribution is 0.109. The molecule has 7 rings (SSSR count). The number of nitrogens with zero attached hydrogens (tertiary/aromatic N) is 6. The molecule has 0 spiro atoms. The molecule has 0 saturated carbocycles. The Balaban J connectivity index is 1.07. The van der Waals surface area contributed by atoms with Gasteiger partial charge in [-0.25, -0.2) is 4.98 Å². The molecule has 4 aliphatic heterocycles. The van der Waals surface area contributed by atoms with Crippen LogP contribution < -0.4 is 15.5 Å². The Bertz CT molecular complexity index is 1420. The molecule has 2 aromatic heterocycles. The third-order valence-electron chi connectivity index (χ3n) is 8.66. The zero-order valence-electron chi connectivity index (χ0n) is 21.9. The molecule has 3 N–H and O–H groups in total. The first-order valence-electron chi connectivity index (χ1n) is 13.9. The Labute approximate surface area is 228 Å². The molecule has 9 heteroatoms. The van der Waals surface area contributed by atoms with Gasteiger partial charge >= 0.3 is 0 Å². The van der Waals surface area contributed by atoms with E-state index in [0.29, 0.717) is 41.3 Å². The molecule has 4 unspecified atom stereocenters. The number of piperazine rings is 1. The molecule has 0 amide bonds. The molecule has 200 valence electrons. The van der Waals surface area contributed by atoms with Gasteiger partial charge in [-0.15, -0.1) is 10.2 Å². The van der Waals surface area contributed by atoms with Crippen LogP contribution in [0.5, 0.6) is 5.75 Å². The summed E-state index contributed by atoms with van der Waals surface area (Å²) in [6.45, 7) is 4.36. The standard InChI is InChI=1S/C30H33N7O2/c31-30-28(16-27(33-34-30)26-5-1-2-6-29(26)38)36-17-22-7-8-23(18-36)37(22)21-9-11-32-20(14-21)4-3-12-35-13-10-25-15-24(35)19-39-25/h1-2,5-6,9,11,14,16,22-25,38H,7-8,10,12-13,15,17-19H2,(H2,31,34). The van der Waals surface area contributed by atoms with Crippen LogP contribution in [0.4, 0.5) is 17.2 Å². The highest BCUT2D eigenvalue weighted by molar-refractivity contribution is 5.74. The van der Waals surface area contributed by atoms with Gasteiger partial charge in [0.05, 0.1) is 30.6 Å². The molecular weight excluding hydrogens is 490 g/mol. The number of likely N-dealkylation sites (tertiary alicyclic amines) is 1. The first-order valence-corrected chi connectivity index (χ1v) is 13.9. The third kappa shape index (κ3) is 4.64. The summed E-state index contributed by atoms with van der Waals surface area (Å²) in [6, 6.07) is 14.6. The molecule has 4 aliphatic rings. The second-order valence-corrected chi connectivity index (χ2v) is 11.0. The number of hydrogen-bond acceptors (Lipinski definition) is 9. The first kappa shape index (κ1) is 24.2. The van der Waals surface area contributed by atoms with Crippen LogP contribution in [0.25, 0.3) is 11.3 Å². The predicted octanol–water partition coefficient (Wildman–Crippen LogP) is 2.90. The lowest BCUT2D eigenvalue weighted by atomic mass is 10.0. The van der Waals surface area contributed by atoms with Gasteiger partial charge in [0.1, 0.15) is 11.4 Å². The number of aromatic nitrogens is 3. The SMILES string of the molecule is Nc1nnc(-c2ccccc2O)cc1N1CC2CCC(C1)N2c1ccnc(C#CCN2CCC3CC2CO3)c1. The van der Waals surface area contributed by atoms with Gasteiger partial charge in [0, 0.05) is 55.2 Å². The molecule has 0 aliphatic carbocycles. The Kier molecular flexibility index (Phi) is 6.22. The zero-order valence-corrected chi connectivity index (χ0v) is 21.9. The Hall–Kier alpha value is -3.87. The van der Waals surface area contributed by atoms with E-state index >= 15 is 0 Å². The minimum absolute atomic E-state index is 0.182. The summed E-state index contributed by atoms with van der Waals surface area (Å²) in [7, 11) is 0. The fraction of sp³-hybridized carbons (Fsp3) is 0.433. The number of rotatable bonds is 4. The minimum Gasteiger partial charge on any atom is -0.507 e. The lowest BCUT2D eigenvalue weighted by Gasteiger charge is -2.43. The molecule has 9 nitrogen and oxygen atoms in total. The van der Waals surface area contributed by atoms with E-state index in [9.17, 15) is 5.11 Å². The van der Waals surface area contributed by atoms with Crippen molar-refractivity contribution in [3.05, 3.63) is 54.4 Å². The van der Waals surface area contributed by atoms with E-state index in [-0.39, 0.29) is 5.75 Å². The van der Waals surface area contributed by atoms with Crippen LogP contribution in [-0.4, -0.2) is 82.2 Å². The number of ether oxygens (including phenoxy) is 1. The van der Waals surface area contributed by atoms with Crippen molar-refractivity contribution in [3.63, 3.8) is 0 Å². The maximum atomic E-state index is 10.3. The molecule has 4 bridgehead atoms. The maximum Gasteiger partial charge on any atom is 0.169 e. The minimum atomic E-state index is 0.182. The topological polar surface area (TPSA) is 104 Å². The van der Waals surface area contributed by atoms with Gasteiger partial charge < -0.3 is 25.4 Å². The number of phenols is 1. The summed E-state index contributed by atoms with van der Waals surface area (Å²) >= 11 is 0. The van der Waals surface area contributed by atoms with Crippen LogP contribution >= 0.6 is 0 Å². The van der Waals surface area contributed by atoms with E-state index in [1.165, 1.54) is 5.69 Å². The van der Waals surface area contributed by atoms with E-state index in [1.54, 1.807) is 12.1 Å². The van der Waals surface area contributed by atoms with Crippen molar-refractivity contribution in [3.8, 4) is 28.8 Å². The van der Waals surface area contributed by atoms with Gasteiger partial charge in [-0.3, -0.25) is 4.90 Å². The number of benzene rings is 1. The van der Waals surface area contributed by atoms with Gasteiger partial charge in [-0.1, -0.05) is 18.1 Å². The maximum absolute atomic E-state index is 10.3. The molecule has 39 heavy (non-hydrogen) atoms. The largest absolute Gasteiger partial charge is 0.507 e. The van der Waals surface area contributed by atoms with E-state index in [1.807, 2.05) is 24.4 Å². The molecule has 4 atom stereocenters. The predicted molar refractivity (Wildman–Crippen MR) is 150 cm³/mol. The summed E-state index contributed by atoms with van der Waals surface area (Å²) in [5.41, 5.74) is 10.5. The van der Waals surface area contributed by atoms with Crippen LogP contribution in [0.3, 0.4) is 0 Å². The molecule has 0 radical (unpaired) electrons. The summed E-state index contributed by atoms with van der Waals surface area (Å²) in [6.07, 6.45) is 6.83. The molecular formula is C30H33N7O2. The summed E-state index contributed by atoms with van der Waals surface area (Å²) in [5, 5.41) is 18.8. The first-order chi connectivity index (χ1) is 19.1. The van der Waals surface area contributed by atoms with Crippen LogP contribution in [0.1, 0.15) is 31.4 Å². The lowest BCUT2D eigenvalue weighted by Crippen LogP contribution is -2.54. The normalized spacial score (nSPS) is 25.9. The molecule has 6 heterocycles. The Morgan fingerprint density at radius 1 is 1.03 bits per heavy atom. The van der Waals surface area contributed by atoms with Crippen molar-refractivity contribution in [1.29, 1.82) is 0 Å². The second-order valence-electron chi connectivity index (χ2n) is 11.0. The van der Waals surface area contributed by atoms with Gasteiger partial charge in [-0.05, 0) is 61.9 Å². The molecule has 4 fully saturated rings. The molecule has 4 saturated heterocycles. The van der Waals surface area contributed by atoms with E-state index in [4.69, 9.17) is 10.5 Å². The monoisotopic (exact) mass is 523 g/mol. The Morgan fingerprint density at radius 3 is 2.72 bits per heavy atom. The number of piperidine rings is 1. The van der Waals surface area contributed by atoms with Crippen molar-refractivity contribution in [1.82, 2.24) is 20.1 Å². The summed E-state index contributed by atoms with van der Waals surface area (Å²) < 4.78 is 5.82. The highest BCUT2D eigenvalue weighted by atomic mass is 16.5. The van der Waals surface area contributed by atoms with Crippen LogP contribution in [-0.2, 0) is 4.74 Å². The third-order valence-corrected chi connectivity index (χ3v) is 8.66. The van der Waals surface area contributed by atoms with E-state index < -0.39 is 0 Å². The van der Waals surface area contributed by atoms with Gasteiger partial charge in [0.25, 0.3) is 0 Å². The number of phenolic OH excluding ortho intramolecular Hbond substituents is 1. The number of nitrogens with two attached hydrogens (primary N) is 1. The van der Waals surface area contributed by atoms with Crippen LogP contribution in [0, 0.1) is 11.8 Å². The van der Waals surface area contributed by atoms with Gasteiger partial charge in [0.15, 0.2) is 5.82 Å². The Morgan fingerprint density at radius 2 is 1.87 bits per heavy atom. The van der Waals surface area contributed by atoms with Crippen molar-refractivity contribution in [2.75, 3.05) is 48.3 Å². The van der Waals surface area contributed by atoms with E-state index in [2.05, 4.69) is 53.9 Å².